The lowest BCUT2D eigenvalue weighted by Crippen LogP contribution is -2.17. The number of rotatable bonds is 3. The maximum Gasteiger partial charge on any atom is 0.257 e. The molecule has 0 amide bonds. The van der Waals surface area contributed by atoms with E-state index < -0.39 is 0 Å². The Morgan fingerprint density at radius 1 is 1.10 bits per heavy atom. The van der Waals surface area contributed by atoms with Gasteiger partial charge < -0.3 is 14.2 Å². The Bertz CT molecular complexity index is 596. The molecule has 0 radical (unpaired) electrons. The van der Waals surface area contributed by atoms with Gasteiger partial charge in [0.05, 0.1) is 6.61 Å². The fraction of sp³-hybridized carbons (Fsp3) is 0.500. The fourth-order valence-electron chi connectivity index (χ4n) is 3.05. The fourth-order valence-corrected chi connectivity index (χ4v) is 3.05. The summed E-state index contributed by atoms with van der Waals surface area (Å²) >= 11 is 0. The highest BCUT2D eigenvalue weighted by Crippen LogP contribution is 2.27. The minimum absolute atomic E-state index is 0.284. The Morgan fingerprint density at radius 2 is 1.90 bits per heavy atom. The zero-order valence-electron chi connectivity index (χ0n) is 12.0. The molecular weight excluding hydrogens is 266 g/mol. The van der Waals surface area contributed by atoms with Gasteiger partial charge in [-0.3, -0.25) is 0 Å². The van der Waals surface area contributed by atoms with Crippen molar-refractivity contribution in [1.82, 2.24) is 10.1 Å². The normalized spacial score (nSPS) is 22.1. The second kappa shape index (κ2) is 5.48. The second-order valence-corrected chi connectivity index (χ2v) is 5.76. The highest BCUT2D eigenvalue weighted by atomic mass is 16.5. The second-order valence-electron chi connectivity index (χ2n) is 5.76. The van der Waals surface area contributed by atoms with Gasteiger partial charge in [-0.2, -0.15) is 4.98 Å². The number of ether oxygens (including phenoxy) is 1. The Hall–Kier alpha value is -1.88. The van der Waals surface area contributed by atoms with Crippen LogP contribution in [0.1, 0.15) is 31.0 Å². The predicted octanol–water partition coefficient (Wildman–Crippen LogP) is 2.84. The SMILES string of the molecule is c1cc(N2CCCC2)ccc1-c1nc([C@@H]2CCOC2)no1. The topological polar surface area (TPSA) is 51.4 Å². The number of benzene rings is 1. The van der Waals surface area contributed by atoms with E-state index >= 15 is 0 Å². The van der Waals surface area contributed by atoms with Crippen molar-refractivity contribution in [2.75, 3.05) is 31.2 Å². The van der Waals surface area contributed by atoms with Crippen molar-refractivity contribution in [3.05, 3.63) is 30.1 Å². The molecular formula is C16H19N3O2. The zero-order chi connectivity index (χ0) is 14.1. The largest absolute Gasteiger partial charge is 0.381 e. The molecule has 2 fully saturated rings. The van der Waals surface area contributed by atoms with Crippen LogP contribution in [0.25, 0.3) is 11.5 Å². The summed E-state index contributed by atoms with van der Waals surface area (Å²) in [6, 6.07) is 8.42. The molecule has 0 spiro atoms. The Kier molecular flexibility index (Phi) is 3.35. The van der Waals surface area contributed by atoms with E-state index in [1.165, 1.54) is 18.5 Å². The van der Waals surface area contributed by atoms with Gasteiger partial charge in [-0.05, 0) is 43.5 Å². The minimum atomic E-state index is 0.284. The van der Waals surface area contributed by atoms with Crippen LogP contribution < -0.4 is 4.90 Å². The highest BCUT2D eigenvalue weighted by molar-refractivity contribution is 5.59. The van der Waals surface area contributed by atoms with E-state index in [4.69, 9.17) is 9.26 Å². The molecule has 0 unspecified atom stereocenters. The third-order valence-corrected chi connectivity index (χ3v) is 4.32. The third-order valence-electron chi connectivity index (χ3n) is 4.32. The lowest BCUT2D eigenvalue weighted by molar-refractivity contribution is 0.192. The van der Waals surface area contributed by atoms with Crippen LogP contribution in [-0.4, -0.2) is 36.4 Å². The van der Waals surface area contributed by atoms with Crippen molar-refractivity contribution in [1.29, 1.82) is 0 Å². The Labute approximate surface area is 123 Å². The Morgan fingerprint density at radius 3 is 2.62 bits per heavy atom. The maximum absolute atomic E-state index is 5.40. The lowest BCUT2D eigenvalue weighted by Gasteiger charge is -2.17. The first-order chi connectivity index (χ1) is 10.4. The van der Waals surface area contributed by atoms with Crippen molar-refractivity contribution in [2.24, 2.45) is 0 Å². The van der Waals surface area contributed by atoms with E-state index in [0.717, 1.165) is 37.5 Å². The molecule has 0 N–H and O–H groups in total. The van der Waals surface area contributed by atoms with Crippen LogP contribution in [0.15, 0.2) is 28.8 Å². The van der Waals surface area contributed by atoms with E-state index in [-0.39, 0.29) is 5.92 Å². The van der Waals surface area contributed by atoms with Gasteiger partial charge in [0.2, 0.25) is 0 Å². The van der Waals surface area contributed by atoms with Gasteiger partial charge in [0.15, 0.2) is 5.82 Å². The number of hydrogen-bond acceptors (Lipinski definition) is 5. The summed E-state index contributed by atoms with van der Waals surface area (Å²) in [4.78, 5) is 6.93. The van der Waals surface area contributed by atoms with Gasteiger partial charge in [0, 0.05) is 36.9 Å². The summed E-state index contributed by atoms with van der Waals surface area (Å²) in [5, 5.41) is 4.10. The molecule has 1 aromatic heterocycles. The molecule has 5 nitrogen and oxygen atoms in total. The summed E-state index contributed by atoms with van der Waals surface area (Å²) in [6.07, 6.45) is 3.56. The molecule has 110 valence electrons. The molecule has 0 saturated carbocycles. The highest BCUT2D eigenvalue weighted by Gasteiger charge is 2.23. The quantitative estimate of drug-likeness (QED) is 0.868. The van der Waals surface area contributed by atoms with Crippen LogP contribution in [0.4, 0.5) is 5.69 Å². The molecule has 4 rings (SSSR count). The smallest absolute Gasteiger partial charge is 0.257 e. The molecule has 3 heterocycles. The van der Waals surface area contributed by atoms with Crippen molar-refractivity contribution in [3.8, 4) is 11.5 Å². The summed E-state index contributed by atoms with van der Waals surface area (Å²) < 4.78 is 10.8. The lowest BCUT2D eigenvalue weighted by atomic mass is 10.1. The summed E-state index contributed by atoms with van der Waals surface area (Å²) in [5.74, 6) is 1.65. The van der Waals surface area contributed by atoms with E-state index in [1.807, 2.05) is 0 Å². The Balaban J connectivity index is 1.53. The van der Waals surface area contributed by atoms with E-state index in [1.54, 1.807) is 0 Å². The van der Waals surface area contributed by atoms with Gasteiger partial charge in [0.1, 0.15) is 0 Å². The molecule has 2 aliphatic rings. The van der Waals surface area contributed by atoms with Crippen LogP contribution in [-0.2, 0) is 4.74 Å². The van der Waals surface area contributed by atoms with Crippen LogP contribution in [0, 0.1) is 0 Å². The number of hydrogen-bond donors (Lipinski definition) is 0. The molecule has 2 saturated heterocycles. The summed E-state index contributed by atoms with van der Waals surface area (Å²) in [6.45, 7) is 3.81. The van der Waals surface area contributed by atoms with Gasteiger partial charge in [0.25, 0.3) is 5.89 Å². The molecule has 1 atom stereocenters. The molecule has 2 aromatic rings. The molecule has 1 aromatic carbocycles. The van der Waals surface area contributed by atoms with Gasteiger partial charge >= 0.3 is 0 Å². The average molecular weight is 285 g/mol. The monoisotopic (exact) mass is 285 g/mol. The third kappa shape index (κ3) is 2.53. The zero-order valence-corrected chi connectivity index (χ0v) is 12.0. The summed E-state index contributed by atoms with van der Waals surface area (Å²) in [5.41, 5.74) is 2.26. The molecule has 0 bridgehead atoms. The van der Waals surface area contributed by atoms with Crippen molar-refractivity contribution in [2.45, 2.75) is 25.2 Å². The van der Waals surface area contributed by atoms with Crippen molar-refractivity contribution in [3.63, 3.8) is 0 Å². The van der Waals surface area contributed by atoms with E-state index in [9.17, 15) is 0 Å². The summed E-state index contributed by atoms with van der Waals surface area (Å²) in [7, 11) is 0. The van der Waals surface area contributed by atoms with Crippen LogP contribution >= 0.6 is 0 Å². The maximum atomic E-state index is 5.40. The average Bonchev–Trinajstić information content (AvgIpc) is 3.27. The number of anilines is 1. The molecule has 21 heavy (non-hydrogen) atoms. The van der Waals surface area contributed by atoms with Crippen LogP contribution in [0.5, 0.6) is 0 Å². The first-order valence-corrected chi connectivity index (χ1v) is 7.67. The van der Waals surface area contributed by atoms with Crippen molar-refractivity contribution < 1.29 is 9.26 Å². The first-order valence-electron chi connectivity index (χ1n) is 7.67. The van der Waals surface area contributed by atoms with Gasteiger partial charge in [-0.25, -0.2) is 0 Å². The standard InChI is InChI=1S/C16H19N3O2/c1-2-9-19(8-1)14-5-3-12(4-6-14)16-17-15(18-21-16)13-7-10-20-11-13/h3-6,13H,1-2,7-11H2/t13-/m1/s1. The van der Waals surface area contributed by atoms with E-state index in [0.29, 0.717) is 12.5 Å². The first kappa shape index (κ1) is 12.8. The van der Waals surface area contributed by atoms with Gasteiger partial charge in [-0.15, -0.1) is 0 Å². The van der Waals surface area contributed by atoms with E-state index in [2.05, 4.69) is 39.3 Å². The number of aromatic nitrogens is 2. The molecule has 2 aliphatic heterocycles. The molecule has 0 aliphatic carbocycles. The molecule has 5 heteroatoms. The number of nitrogens with zero attached hydrogens (tertiary/aromatic N) is 3. The minimum Gasteiger partial charge on any atom is -0.381 e. The van der Waals surface area contributed by atoms with Crippen molar-refractivity contribution >= 4 is 5.69 Å². The van der Waals surface area contributed by atoms with Gasteiger partial charge in [-0.1, -0.05) is 5.16 Å². The van der Waals surface area contributed by atoms with Crippen LogP contribution in [0.3, 0.4) is 0 Å². The van der Waals surface area contributed by atoms with Crippen LogP contribution in [0.2, 0.25) is 0 Å². The predicted molar refractivity (Wildman–Crippen MR) is 79.4 cm³/mol.